The van der Waals surface area contributed by atoms with Crippen LogP contribution in [0.15, 0.2) is 40.9 Å². The van der Waals surface area contributed by atoms with Crippen molar-refractivity contribution in [3.05, 3.63) is 70.9 Å². The van der Waals surface area contributed by atoms with E-state index in [4.69, 9.17) is 4.42 Å². The highest BCUT2D eigenvalue weighted by Gasteiger charge is 2.33. The Morgan fingerprint density at radius 1 is 1.32 bits per heavy atom. The van der Waals surface area contributed by atoms with E-state index in [2.05, 4.69) is 10.1 Å². The lowest BCUT2D eigenvalue weighted by Crippen LogP contribution is -2.34. The Labute approximate surface area is 163 Å². The summed E-state index contributed by atoms with van der Waals surface area (Å²) in [5.74, 6) is 0.856. The zero-order chi connectivity index (χ0) is 19.7. The summed E-state index contributed by atoms with van der Waals surface area (Å²) in [5, 5.41) is 4.37. The van der Waals surface area contributed by atoms with E-state index in [9.17, 15) is 9.18 Å². The number of aromatic nitrogens is 3. The number of hydrogen-bond acceptors (Lipinski definition) is 4. The first-order valence-electron chi connectivity index (χ1n) is 9.50. The summed E-state index contributed by atoms with van der Waals surface area (Å²) in [4.78, 5) is 19.0. The first-order valence-corrected chi connectivity index (χ1v) is 9.50. The molecule has 6 nitrogen and oxygen atoms in total. The maximum atomic E-state index is 13.9. The first-order chi connectivity index (χ1) is 13.5. The van der Waals surface area contributed by atoms with Gasteiger partial charge in [0, 0.05) is 18.7 Å². The van der Waals surface area contributed by atoms with Crippen molar-refractivity contribution in [3.63, 3.8) is 0 Å². The summed E-state index contributed by atoms with van der Waals surface area (Å²) in [6.45, 7) is 4.74. The van der Waals surface area contributed by atoms with Gasteiger partial charge in [-0.25, -0.2) is 9.37 Å². The SMILES string of the molecule is Cc1cc(C)n(CC(=O)N2CCCC2c2ncc(Cc3ccccc3F)o2)n1. The molecule has 0 bridgehead atoms. The van der Waals surface area contributed by atoms with Crippen molar-refractivity contribution in [2.24, 2.45) is 0 Å². The molecule has 0 N–H and O–H groups in total. The van der Waals surface area contributed by atoms with Gasteiger partial charge in [-0.2, -0.15) is 5.10 Å². The highest BCUT2D eigenvalue weighted by atomic mass is 19.1. The van der Waals surface area contributed by atoms with E-state index in [1.54, 1.807) is 29.1 Å². The number of carbonyl (C=O) groups excluding carboxylic acids is 1. The molecular weight excluding hydrogens is 359 g/mol. The summed E-state index contributed by atoms with van der Waals surface area (Å²) < 4.78 is 21.5. The Balaban J connectivity index is 1.48. The molecule has 2 aromatic heterocycles. The average Bonchev–Trinajstić information content (AvgIpc) is 3.37. The van der Waals surface area contributed by atoms with E-state index in [1.807, 2.05) is 24.8 Å². The van der Waals surface area contributed by atoms with Gasteiger partial charge in [-0.1, -0.05) is 18.2 Å². The van der Waals surface area contributed by atoms with Crippen molar-refractivity contribution < 1.29 is 13.6 Å². The van der Waals surface area contributed by atoms with Crippen LogP contribution in [0.3, 0.4) is 0 Å². The quantitative estimate of drug-likeness (QED) is 0.677. The molecule has 0 radical (unpaired) electrons. The number of oxazole rings is 1. The molecule has 0 spiro atoms. The highest BCUT2D eigenvalue weighted by Crippen LogP contribution is 2.32. The predicted molar refractivity (Wildman–Crippen MR) is 101 cm³/mol. The van der Waals surface area contributed by atoms with Crippen molar-refractivity contribution in [2.45, 2.75) is 45.7 Å². The van der Waals surface area contributed by atoms with Crippen LogP contribution in [0.5, 0.6) is 0 Å². The number of rotatable bonds is 5. The van der Waals surface area contributed by atoms with Crippen LogP contribution in [0.1, 0.15) is 47.5 Å². The first kappa shape index (κ1) is 18.4. The van der Waals surface area contributed by atoms with Gasteiger partial charge in [0.1, 0.15) is 24.2 Å². The van der Waals surface area contributed by atoms with Gasteiger partial charge in [-0.05, 0) is 44.4 Å². The van der Waals surface area contributed by atoms with Gasteiger partial charge in [0.2, 0.25) is 11.8 Å². The van der Waals surface area contributed by atoms with Gasteiger partial charge >= 0.3 is 0 Å². The van der Waals surface area contributed by atoms with Crippen molar-refractivity contribution in [1.82, 2.24) is 19.7 Å². The van der Waals surface area contributed by atoms with Gasteiger partial charge < -0.3 is 9.32 Å². The Hall–Kier alpha value is -2.96. The largest absolute Gasteiger partial charge is 0.443 e. The molecule has 1 aliphatic rings. The fourth-order valence-corrected chi connectivity index (χ4v) is 3.76. The van der Waals surface area contributed by atoms with E-state index in [1.165, 1.54) is 6.07 Å². The fraction of sp³-hybridized carbons (Fsp3) is 0.381. The number of carbonyl (C=O) groups is 1. The molecule has 3 aromatic rings. The lowest BCUT2D eigenvalue weighted by atomic mass is 10.1. The number of amides is 1. The van der Waals surface area contributed by atoms with Crippen LogP contribution in [-0.4, -0.2) is 32.1 Å². The number of likely N-dealkylation sites (tertiary alicyclic amines) is 1. The number of aryl methyl sites for hydroxylation is 2. The van der Waals surface area contributed by atoms with E-state index in [0.717, 1.165) is 24.2 Å². The second kappa shape index (κ2) is 7.58. The minimum atomic E-state index is -0.261. The van der Waals surface area contributed by atoms with Crippen molar-refractivity contribution in [1.29, 1.82) is 0 Å². The van der Waals surface area contributed by atoms with Crippen LogP contribution >= 0.6 is 0 Å². The summed E-state index contributed by atoms with van der Waals surface area (Å²) in [5.41, 5.74) is 2.42. The van der Waals surface area contributed by atoms with E-state index in [0.29, 0.717) is 30.2 Å². The third kappa shape index (κ3) is 3.69. The van der Waals surface area contributed by atoms with Crippen LogP contribution < -0.4 is 0 Å². The third-order valence-corrected chi connectivity index (χ3v) is 5.14. The van der Waals surface area contributed by atoms with Crippen LogP contribution in [0.4, 0.5) is 4.39 Å². The molecule has 1 unspecified atom stereocenters. The lowest BCUT2D eigenvalue weighted by Gasteiger charge is -2.22. The van der Waals surface area contributed by atoms with Crippen LogP contribution in [0, 0.1) is 19.7 Å². The molecule has 1 fully saturated rings. The minimum Gasteiger partial charge on any atom is -0.443 e. The maximum absolute atomic E-state index is 13.9. The van der Waals surface area contributed by atoms with Crippen molar-refractivity contribution >= 4 is 5.91 Å². The minimum absolute atomic E-state index is 0.00236. The molecule has 0 saturated carbocycles. The molecule has 3 heterocycles. The Kier molecular flexibility index (Phi) is 4.98. The number of halogens is 1. The summed E-state index contributed by atoms with van der Waals surface area (Å²) >= 11 is 0. The number of benzene rings is 1. The smallest absolute Gasteiger partial charge is 0.244 e. The van der Waals surface area contributed by atoms with Gasteiger partial charge in [0.25, 0.3) is 0 Å². The normalized spacial score (nSPS) is 16.7. The Morgan fingerprint density at radius 3 is 2.89 bits per heavy atom. The van der Waals surface area contributed by atoms with Crippen LogP contribution in [0.2, 0.25) is 0 Å². The average molecular weight is 382 g/mol. The number of hydrogen-bond donors (Lipinski definition) is 0. The standard InChI is InChI=1S/C21H23FN4O2/c1-14-10-15(2)26(24-14)13-20(27)25-9-5-8-19(25)21-23-12-17(28-21)11-16-6-3-4-7-18(16)22/h3-4,6-7,10,12,19H,5,8-9,11,13H2,1-2H3. The predicted octanol–water partition coefficient (Wildman–Crippen LogP) is 3.58. The molecular formula is C21H23FN4O2. The molecule has 1 amide bonds. The molecule has 1 aromatic carbocycles. The monoisotopic (exact) mass is 382 g/mol. The van der Waals surface area contributed by atoms with Gasteiger partial charge in [-0.3, -0.25) is 9.48 Å². The fourth-order valence-electron chi connectivity index (χ4n) is 3.76. The molecule has 1 atom stereocenters. The zero-order valence-electron chi connectivity index (χ0n) is 16.1. The van der Waals surface area contributed by atoms with E-state index < -0.39 is 0 Å². The number of nitrogens with zero attached hydrogens (tertiary/aromatic N) is 4. The van der Waals surface area contributed by atoms with Crippen LogP contribution in [0.25, 0.3) is 0 Å². The summed E-state index contributed by atoms with van der Waals surface area (Å²) in [7, 11) is 0. The van der Waals surface area contributed by atoms with Gasteiger partial charge in [0.15, 0.2) is 0 Å². The van der Waals surface area contributed by atoms with E-state index >= 15 is 0 Å². The lowest BCUT2D eigenvalue weighted by molar-refractivity contribution is -0.133. The topological polar surface area (TPSA) is 64.2 Å². The second-order valence-electron chi connectivity index (χ2n) is 7.26. The Bertz CT molecular complexity index is 994. The third-order valence-electron chi connectivity index (χ3n) is 5.14. The molecule has 146 valence electrons. The van der Waals surface area contributed by atoms with Gasteiger partial charge in [-0.15, -0.1) is 0 Å². The van der Waals surface area contributed by atoms with Crippen LogP contribution in [-0.2, 0) is 17.8 Å². The highest BCUT2D eigenvalue weighted by molar-refractivity contribution is 5.76. The zero-order valence-corrected chi connectivity index (χ0v) is 16.1. The molecule has 0 aliphatic carbocycles. The maximum Gasteiger partial charge on any atom is 0.244 e. The van der Waals surface area contributed by atoms with Crippen molar-refractivity contribution in [3.8, 4) is 0 Å². The summed E-state index contributed by atoms with van der Waals surface area (Å²) in [6.07, 6.45) is 3.68. The molecule has 28 heavy (non-hydrogen) atoms. The molecule has 1 saturated heterocycles. The van der Waals surface area contributed by atoms with E-state index in [-0.39, 0.29) is 24.3 Å². The van der Waals surface area contributed by atoms with Crippen molar-refractivity contribution in [2.75, 3.05) is 6.54 Å². The molecule has 7 heteroatoms. The molecule has 1 aliphatic heterocycles. The van der Waals surface area contributed by atoms with Gasteiger partial charge in [0.05, 0.1) is 11.9 Å². The molecule has 4 rings (SSSR count). The Morgan fingerprint density at radius 2 is 2.14 bits per heavy atom. The second-order valence-corrected chi connectivity index (χ2v) is 7.26. The summed E-state index contributed by atoms with van der Waals surface area (Å²) in [6, 6.07) is 8.40.